The highest BCUT2D eigenvalue weighted by molar-refractivity contribution is 5.40. The molecule has 0 saturated heterocycles. The standard InChI is InChI=1S/C11H10F2N2O2/c1-17-9-2-3-15(10(16)8(9)5-14)6-7-4-11(7,12)13/h2-3,7H,4,6H2,1H3. The molecule has 0 bridgehead atoms. The molecule has 0 aromatic carbocycles. The fraction of sp³-hybridized carbons (Fsp3) is 0.455. The Labute approximate surface area is 96.0 Å². The Kier molecular flexibility index (Phi) is 2.62. The maximum absolute atomic E-state index is 12.7. The summed E-state index contributed by atoms with van der Waals surface area (Å²) in [6.45, 7) is -0.0650. The lowest BCUT2D eigenvalue weighted by Crippen LogP contribution is -2.24. The summed E-state index contributed by atoms with van der Waals surface area (Å²) in [6.07, 6.45) is 1.17. The van der Waals surface area contributed by atoms with E-state index in [1.165, 1.54) is 19.4 Å². The molecule has 0 amide bonds. The molecule has 1 aliphatic rings. The summed E-state index contributed by atoms with van der Waals surface area (Å²) in [4.78, 5) is 11.8. The van der Waals surface area contributed by atoms with Crippen LogP contribution in [0.3, 0.4) is 0 Å². The second kappa shape index (κ2) is 3.84. The van der Waals surface area contributed by atoms with Gasteiger partial charge in [-0.15, -0.1) is 0 Å². The molecule has 1 aliphatic carbocycles. The summed E-state index contributed by atoms with van der Waals surface area (Å²) < 4.78 is 31.5. The fourth-order valence-electron chi connectivity index (χ4n) is 1.68. The maximum atomic E-state index is 12.7. The molecule has 0 radical (unpaired) electrons. The van der Waals surface area contributed by atoms with Gasteiger partial charge in [-0.3, -0.25) is 4.79 Å². The quantitative estimate of drug-likeness (QED) is 0.802. The van der Waals surface area contributed by atoms with Crippen molar-refractivity contribution in [2.75, 3.05) is 7.11 Å². The van der Waals surface area contributed by atoms with Gasteiger partial charge in [-0.25, -0.2) is 8.78 Å². The lowest BCUT2D eigenvalue weighted by atomic mass is 10.2. The van der Waals surface area contributed by atoms with Crippen LogP contribution in [0.1, 0.15) is 12.0 Å². The van der Waals surface area contributed by atoms with E-state index < -0.39 is 17.4 Å². The number of alkyl halides is 2. The van der Waals surface area contributed by atoms with E-state index in [1.807, 2.05) is 0 Å². The minimum atomic E-state index is -2.67. The average Bonchev–Trinajstić information content (AvgIpc) is 2.88. The van der Waals surface area contributed by atoms with Gasteiger partial charge in [-0.1, -0.05) is 0 Å². The van der Waals surface area contributed by atoms with Gasteiger partial charge in [0.25, 0.3) is 11.5 Å². The van der Waals surface area contributed by atoms with Gasteiger partial charge in [-0.05, 0) is 6.07 Å². The second-order valence-corrected chi connectivity index (χ2v) is 3.99. The van der Waals surface area contributed by atoms with Gasteiger partial charge >= 0.3 is 0 Å². The van der Waals surface area contributed by atoms with Crippen molar-refractivity contribution in [3.05, 3.63) is 28.2 Å². The van der Waals surface area contributed by atoms with Crippen LogP contribution >= 0.6 is 0 Å². The van der Waals surface area contributed by atoms with Crippen LogP contribution in [0, 0.1) is 17.2 Å². The van der Waals surface area contributed by atoms with E-state index in [9.17, 15) is 13.6 Å². The van der Waals surface area contributed by atoms with Gasteiger partial charge in [0, 0.05) is 25.1 Å². The van der Waals surface area contributed by atoms with Crippen LogP contribution in [-0.4, -0.2) is 17.6 Å². The number of methoxy groups -OCH3 is 1. The third-order valence-corrected chi connectivity index (χ3v) is 2.83. The Morgan fingerprint density at radius 2 is 2.35 bits per heavy atom. The Bertz CT molecular complexity index is 545. The van der Waals surface area contributed by atoms with Crippen LogP contribution in [0.5, 0.6) is 5.75 Å². The molecule has 0 spiro atoms. The smallest absolute Gasteiger partial charge is 0.272 e. The van der Waals surface area contributed by atoms with Crippen LogP contribution in [0.15, 0.2) is 17.1 Å². The molecule has 6 heteroatoms. The Balaban J connectivity index is 2.32. The number of pyridine rings is 1. The van der Waals surface area contributed by atoms with Crippen LogP contribution in [-0.2, 0) is 6.54 Å². The van der Waals surface area contributed by atoms with Crippen LogP contribution in [0.4, 0.5) is 8.78 Å². The zero-order valence-electron chi connectivity index (χ0n) is 9.11. The van der Waals surface area contributed by atoms with Crippen molar-refractivity contribution >= 4 is 0 Å². The zero-order chi connectivity index (χ0) is 12.6. The van der Waals surface area contributed by atoms with Gasteiger partial charge < -0.3 is 9.30 Å². The van der Waals surface area contributed by atoms with Crippen LogP contribution in [0.2, 0.25) is 0 Å². The largest absolute Gasteiger partial charge is 0.495 e. The number of nitriles is 1. The first-order valence-electron chi connectivity index (χ1n) is 5.05. The topological polar surface area (TPSA) is 55.0 Å². The van der Waals surface area contributed by atoms with E-state index in [4.69, 9.17) is 10.00 Å². The molecule has 0 aliphatic heterocycles. The minimum absolute atomic E-state index is 0.0650. The van der Waals surface area contributed by atoms with Gasteiger partial charge in [0.05, 0.1) is 7.11 Å². The van der Waals surface area contributed by atoms with Gasteiger partial charge in [0.2, 0.25) is 0 Å². The molecular weight excluding hydrogens is 230 g/mol. The van der Waals surface area contributed by atoms with Crippen molar-refractivity contribution < 1.29 is 13.5 Å². The third kappa shape index (κ3) is 2.00. The highest BCUT2D eigenvalue weighted by Gasteiger charge is 2.56. The highest BCUT2D eigenvalue weighted by Crippen LogP contribution is 2.49. The number of ether oxygens (including phenoxy) is 1. The maximum Gasteiger partial charge on any atom is 0.272 e. The number of rotatable bonds is 3. The summed E-state index contributed by atoms with van der Waals surface area (Å²) in [6, 6.07) is 3.15. The predicted octanol–water partition coefficient (Wildman–Crippen LogP) is 1.38. The Hall–Kier alpha value is -1.90. The first-order valence-corrected chi connectivity index (χ1v) is 5.05. The lowest BCUT2D eigenvalue weighted by molar-refractivity contribution is 0.0948. The molecule has 0 N–H and O–H groups in total. The van der Waals surface area contributed by atoms with E-state index in [1.54, 1.807) is 6.07 Å². The second-order valence-electron chi connectivity index (χ2n) is 3.99. The van der Waals surface area contributed by atoms with Crippen molar-refractivity contribution in [1.29, 1.82) is 5.26 Å². The molecule has 1 heterocycles. The number of hydrogen-bond acceptors (Lipinski definition) is 3. The molecule has 1 atom stereocenters. The summed E-state index contributed by atoms with van der Waals surface area (Å²) in [5.74, 6) is -3.32. The Morgan fingerprint density at radius 1 is 1.71 bits per heavy atom. The molecule has 1 fully saturated rings. The molecule has 17 heavy (non-hydrogen) atoms. The first kappa shape index (κ1) is 11.6. The van der Waals surface area contributed by atoms with E-state index >= 15 is 0 Å². The first-order chi connectivity index (χ1) is 7.99. The van der Waals surface area contributed by atoms with Gasteiger partial charge in [-0.2, -0.15) is 5.26 Å². The Morgan fingerprint density at radius 3 is 2.82 bits per heavy atom. The fourth-order valence-corrected chi connectivity index (χ4v) is 1.68. The number of nitrogens with zero attached hydrogens (tertiary/aromatic N) is 2. The van der Waals surface area contributed by atoms with Gasteiger partial charge in [0.15, 0.2) is 5.56 Å². The minimum Gasteiger partial charge on any atom is -0.495 e. The molecule has 1 saturated carbocycles. The summed E-state index contributed by atoms with van der Waals surface area (Å²) in [5, 5.41) is 8.82. The molecule has 1 unspecified atom stereocenters. The van der Waals surface area contributed by atoms with Crippen molar-refractivity contribution in [2.24, 2.45) is 5.92 Å². The van der Waals surface area contributed by atoms with Crippen molar-refractivity contribution in [1.82, 2.24) is 4.57 Å². The van der Waals surface area contributed by atoms with Crippen molar-refractivity contribution in [2.45, 2.75) is 18.9 Å². The molecular formula is C11H10F2N2O2. The highest BCUT2D eigenvalue weighted by atomic mass is 19.3. The SMILES string of the molecule is COc1ccn(CC2CC2(F)F)c(=O)c1C#N. The van der Waals surface area contributed by atoms with E-state index in [0.29, 0.717) is 0 Å². The lowest BCUT2D eigenvalue weighted by Gasteiger charge is -2.07. The summed E-state index contributed by atoms with van der Waals surface area (Å²) in [7, 11) is 1.34. The van der Waals surface area contributed by atoms with Crippen molar-refractivity contribution in [3.63, 3.8) is 0 Å². The number of hydrogen-bond donors (Lipinski definition) is 0. The third-order valence-electron chi connectivity index (χ3n) is 2.83. The van der Waals surface area contributed by atoms with Crippen molar-refractivity contribution in [3.8, 4) is 11.8 Å². The molecule has 2 rings (SSSR count). The molecule has 1 aromatic heterocycles. The van der Waals surface area contributed by atoms with E-state index in [-0.39, 0.29) is 24.3 Å². The van der Waals surface area contributed by atoms with Gasteiger partial charge in [0.1, 0.15) is 11.8 Å². The number of aromatic nitrogens is 1. The average molecular weight is 240 g/mol. The molecule has 1 aromatic rings. The molecule has 4 nitrogen and oxygen atoms in total. The normalized spacial score (nSPS) is 20.7. The predicted molar refractivity (Wildman–Crippen MR) is 55.0 cm³/mol. The van der Waals surface area contributed by atoms with E-state index in [0.717, 1.165) is 4.57 Å². The summed E-state index contributed by atoms with van der Waals surface area (Å²) in [5.41, 5.74) is -0.742. The molecule has 90 valence electrons. The monoisotopic (exact) mass is 240 g/mol. The van der Waals surface area contributed by atoms with Crippen LogP contribution in [0.25, 0.3) is 0 Å². The van der Waals surface area contributed by atoms with E-state index in [2.05, 4.69) is 0 Å². The summed E-state index contributed by atoms with van der Waals surface area (Å²) >= 11 is 0. The number of halogens is 2. The van der Waals surface area contributed by atoms with Crippen LogP contribution < -0.4 is 10.3 Å². The zero-order valence-corrected chi connectivity index (χ0v) is 9.11.